The number of allylic oxidation sites excluding steroid dienone is 2. The number of rotatable bonds is 4. The summed E-state index contributed by atoms with van der Waals surface area (Å²) in [6.45, 7) is 3.70. The van der Waals surface area contributed by atoms with Crippen molar-refractivity contribution in [2.75, 3.05) is 0 Å². The molecule has 1 aromatic carbocycles. The number of aromatic nitrogens is 2. The van der Waals surface area contributed by atoms with Crippen molar-refractivity contribution in [3.8, 4) is 0 Å². The third-order valence-corrected chi connectivity index (χ3v) is 4.98. The van der Waals surface area contributed by atoms with Crippen LogP contribution >= 0.6 is 0 Å². The molecule has 4 nitrogen and oxygen atoms in total. The smallest absolute Gasteiger partial charge is 0.136 e. The highest BCUT2D eigenvalue weighted by molar-refractivity contribution is 6.31. The van der Waals surface area contributed by atoms with Gasteiger partial charge in [0.05, 0.1) is 5.71 Å². The van der Waals surface area contributed by atoms with E-state index in [1.54, 1.807) is 19.1 Å². The van der Waals surface area contributed by atoms with Crippen molar-refractivity contribution in [3.05, 3.63) is 76.6 Å². The van der Waals surface area contributed by atoms with Gasteiger partial charge in [0, 0.05) is 40.5 Å². The second-order valence-electron chi connectivity index (χ2n) is 6.99. The minimum atomic E-state index is -0.266. The van der Waals surface area contributed by atoms with Gasteiger partial charge in [0.15, 0.2) is 0 Å². The van der Waals surface area contributed by atoms with E-state index in [2.05, 4.69) is 4.98 Å². The van der Waals surface area contributed by atoms with Gasteiger partial charge in [0.1, 0.15) is 11.5 Å². The highest BCUT2D eigenvalue weighted by atomic mass is 19.1. The zero-order valence-corrected chi connectivity index (χ0v) is 14.9. The topological polar surface area (TPSA) is 67.2 Å². The fourth-order valence-electron chi connectivity index (χ4n) is 3.25. The van der Waals surface area contributed by atoms with Gasteiger partial charge in [-0.1, -0.05) is 0 Å². The fourth-order valence-corrected chi connectivity index (χ4v) is 3.25. The minimum Gasteiger partial charge on any atom is -0.401 e. The van der Waals surface area contributed by atoms with Crippen molar-refractivity contribution in [1.82, 2.24) is 9.38 Å². The average molecular weight is 348 g/mol. The van der Waals surface area contributed by atoms with Crippen molar-refractivity contribution >= 4 is 16.9 Å². The first-order valence-corrected chi connectivity index (χ1v) is 8.75. The van der Waals surface area contributed by atoms with Crippen LogP contribution in [-0.4, -0.2) is 15.1 Å². The van der Waals surface area contributed by atoms with Crippen LogP contribution in [-0.2, 0) is 0 Å². The molecule has 5 heteroatoms. The number of halogens is 1. The Hall–Kier alpha value is -2.95. The number of benzene rings is 1. The van der Waals surface area contributed by atoms with Crippen LogP contribution in [0.5, 0.6) is 0 Å². The second kappa shape index (κ2) is 6.09. The predicted octanol–water partition coefficient (Wildman–Crippen LogP) is 4.24. The number of pyridine rings is 1. The van der Waals surface area contributed by atoms with E-state index in [-0.39, 0.29) is 5.82 Å². The largest absolute Gasteiger partial charge is 0.401 e. The molecular formula is C21H21FN4. The molecule has 2 aromatic heterocycles. The van der Waals surface area contributed by atoms with Gasteiger partial charge in [-0.25, -0.2) is 9.37 Å². The number of aryl methyl sites for hydroxylation is 2. The van der Waals surface area contributed by atoms with Gasteiger partial charge in [0.2, 0.25) is 0 Å². The molecule has 2 heterocycles. The van der Waals surface area contributed by atoms with Crippen molar-refractivity contribution in [2.24, 2.45) is 11.7 Å². The Morgan fingerprint density at radius 3 is 2.62 bits per heavy atom. The van der Waals surface area contributed by atoms with E-state index in [0.29, 0.717) is 22.8 Å². The van der Waals surface area contributed by atoms with Crippen LogP contribution in [0.4, 0.5) is 4.39 Å². The Morgan fingerprint density at radius 2 is 1.92 bits per heavy atom. The molecule has 0 atom stereocenters. The van der Waals surface area contributed by atoms with Crippen molar-refractivity contribution in [3.63, 3.8) is 0 Å². The maximum absolute atomic E-state index is 13.6. The summed E-state index contributed by atoms with van der Waals surface area (Å²) < 4.78 is 15.6. The number of hydrogen-bond acceptors (Lipinski definition) is 3. The van der Waals surface area contributed by atoms with E-state index in [4.69, 9.17) is 11.1 Å². The molecule has 0 radical (unpaired) electrons. The van der Waals surface area contributed by atoms with E-state index in [1.807, 2.05) is 35.9 Å². The molecule has 0 saturated heterocycles. The maximum Gasteiger partial charge on any atom is 0.136 e. The summed E-state index contributed by atoms with van der Waals surface area (Å²) in [6, 6.07) is 8.65. The summed E-state index contributed by atoms with van der Waals surface area (Å²) in [5.74, 6) is 0.0594. The van der Waals surface area contributed by atoms with Crippen LogP contribution in [0.1, 0.15) is 35.2 Å². The first-order valence-electron chi connectivity index (χ1n) is 8.75. The zero-order valence-electron chi connectivity index (χ0n) is 14.9. The van der Waals surface area contributed by atoms with Crippen LogP contribution < -0.4 is 5.73 Å². The number of nitrogens with zero attached hydrogens (tertiary/aromatic N) is 2. The highest BCUT2D eigenvalue weighted by Crippen LogP contribution is 2.38. The first kappa shape index (κ1) is 16.5. The summed E-state index contributed by atoms with van der Waals surface area (Å²) in [7, 11) is 0. The summed E-state index contributed by atoms with van der Waals surface area (Å²) in [4.78, 5) is 4.36. The fraction of sp³-hybridized carbons (Fsp3) is 0.238. The minimum absolute atomic E-state index is 0.266. The number of nitrogens with two attached hydrogens (primary N) is 1. The monoisotopic (exact) mass is 348 g/mol. The third-order valence-electron chi connectivity index (χ3n) is 4.98. The lowest BCUT2D eigenvalue weighted by atomic mass is 9.93. The molecule has 0 bridgehead atoms. The Bertz CT molecular complexity index is 1060. The predicted molar refractivity (Wildman–Crippen MR) is 102 cm³/mol. The van der Waals surface area contributed by atoms with Crippen molar-refractivity contribution in [1.29, 1.82) is 5.41 Å². The molecule has 0 amide bonds. The summed E-state index contributed by atoms with van der Waals surface area (Å²) in [6.07, 6.45) is 5.91. The molecule has 1 aliphatic rings. The number of hydrogen-bond donors (Lipinski definition) is 2. The zero-order chi connectivity index (χ0) is 18.4. The number of nitrogens with one attached hydrogen (secondary N) is 1. The third kappa shape index (κ3) is 2.79. The van der Waals surface area contributed by atoms with Crippen LogP contribution in [0, 0.1) is 31.0 Å². The molecule has 0 aliphatic heterocycles. The van der Waals surface area contributed by atoms with Crippen LogP contribution in [0.3, 0.4) is 0 Å². The summed E-state index contributed by atoms with van der Waals surface area (Å²) in [5, 5.41) is 8.78. The Morgan fingerprint density at radius 1 is 1.19 bits per heavy atom. The average Bonchev–Trinajstić information content (AvgIpc) is 3.42. The van der Waals surface area contributed by atoms with Gasteiger partial charge in [-0.15, -0.1) is 0 Å². The molecule has 4 rings (SSSR count). The van der Waals surface area contributed by atoms with Gasteiger partial charge in [-0.2, -0.15) is 0 Å². The van der Waals surface area contributed by atoms with E-state index >= 15 is 0 Å². The molecule has 132 valence electrons. The lowest BCUT2D eigenvalue weighted by Gasteiger charge is -2.15. The SMILES string of the molecule is Cc1cc(C(=N)/C(=C(\N)C2CC2)c2ccc3ncc(C)n3c2)ccc1F. The molecule has 1 aliphatic carbocycles. The van der Waals surface area contributed by atoms with Crippen molar-refractivity contribution in [2.45, 2.75) is 26.7 Å². The van der Waals surface area contributed by atoms with E-state index < -0.39 is 0 Å². The molecule has 1 saturated carbocycles. The van der Waals surface area contributed by atoms with Gasteiger partial charge >= 0.3 is 0 Å². The molecule has 0 unspecified atom stereocenters. The van der Waals surface area contributed by atoms with Crippen molar-refractivity contribution < 1.29 is 4.39 Å². The standard InChI is InChI=1S/C21H21FN4/c1-12-9-15(5-7-17(12)22)21(24)19(20(23)14-3-4-14)16-6-8-18-25-10-13(2)26(18)11-16/h5-11,14,24H,3-4,23H2,1-2H3/b20-19-,24-21?. The summed E-state index contributed by atoms with van der Waals surface area (Å²) in [5.41, 5.74) is 12.2. The Kier molecular flexibility index (Phi) is 3.87. The van der Waals surface area contributed by atoms with E-state index in [9.17, 15) is 4.39 Å². The normalized spacial score (nSPS) is 15.2. The number of imidazole rings is 1. The van der Waals surface area contributed by atoms with E-state index in [0.717, 1.165) is 41.0 Å². The van der Waals surface area contributed by atoms with Crippen LogP contribution in [0.2, 0.25) is 0 Å². The highest BCUT2D eigenvalue weighted by Gasteiger charge is 2.29. The van der Waals surface area contributed by atoms with Gasteiger partial charge < -0.3 is 10.1 Å². The first-order chi connectivity index (χ1) is 12.5. The molecule has 3 aromatic rings. The Balaban J connectivity index is 1.86. The van der Waals surface area contributed by atoms with Gasteiger partial charge in [-0.05, 0) is 68.5 Å². The van der Waals surface area contributed by atoms with Crippen LogP contribution in [0.15, 0.2) is 48.4 Å². The maximum atomic E-state index is 13.6. The van der Waals surface area contributed by atoms with Crippen LogP contribution in [0.25, 0.3) is 11.2 Å². The molecule has 3 N–H and O–H groups in total. The Labute approximate surface area is 151 Å². The molecule has 0 spiro atoms. The van der Waals surface area contributed by atoms with E-state index in [1.165, 1.54) is 6.07 Å². The molecule has 26 heavy (non-hydrogen) atoms. The summed E-state index contributed by atoms with van der Waals surface area (Å²) >= 11 is 0. The number of fused-ring (bicyclic) bond motifs is 1. The quantitative estimate of drug-likeness (QED) is 0.693. The second-order valence-corrected chi connectivity index (χ2v) is 6.99. The molecular weight excluding hydrogens is 327 g/mol. The lowest BCUT2D eigenvalue weighted by molar-refractivity contribution is 0.618. The lowest BCUT2D eigenvalue weighted by Crippen LogP contribution is -2.13. The molecule has 1 fully saturated rings. The van der Waals surface area contributed by atoms with Gasteiger partial charge in [0.25, 0.3) is 0 Å². The van der Waals surface area contributed by atoms with Gasteiger partial charge in [-0.3, -0.25) is 5.41 Å².